The first-order chi connectivity index (χ1) is 13.7. The zero-order valence-electron chi connectivity index (χ0n) is 16.2. The smallest absolute Gasteiger partial charge is 0.147 e. The fourth-order valence-corrected chi connectivity index (χ4v) is 3.22. The van der Waals surface area contributed by atoms with Gasteiger partial charge in [-0.15, -0.1) is 0 Å². The van der Waals surface area contributed by atoms with Crippen LogP contribution in [0, 0.1) is 6.92 Å². The normalized spacial score (nSPS) is 10.6. The third-order valence-corrected chi connectivity index (χ3v) is 4.79. The number of rotatable bonds is 5. The van der Waals surface area contributed by atoms with Crippen LogP contribution in [0.2, 0.25) is 0 Å². The highest BCUT2D eigenvalue weighted by molar-refractivity contribution is 5.78. The number of anilines is 1. The molecule has 0 aliphatic heterocycles. The topological polar surface area (TPSA) is 29.0 Å². The third kappa shape index (κ3) is 3.94. The van der Waals surface area contributed by atoms with Gasteiger partial charge >= 0.3 is 0 Å². The van der Waals surface area contributed by atoms with Crippen LogP contribution in [-0.4, -0.2) is 17.0 Å². The lowest BCUT2D eigenvalue weighted by Gasteiger charge is -2.20. The maximum absolute atomic E-state index is 5.00. The summed E-state index contributed by atoms with van der Waals surface area (Å²) in [4.78, 5) is 11.9. The van der Waals surface area contributed by atoms with Crippen LogP contribution in [0.3, 0.4) is 0 Å². The molecule has 0 aliphatic rings. The van der Waals surface area contributed by atoms with Gasteiger partial charge in [-0.3, -0.25) is 4.98 Å². The van der Waals surface area contributed by atoms with E-state index in [0.29, 0.717) is 0 Å². The summed E-state index contributed by atoms with van der Waals surface area (Å²) in [5, 5.41) is 0. The van der Waals surface area contributed by atoms with Crippen LogP contribution >= 0.6 is 0 Å². The quantitative estimate of drug-likeness (QED) is 0.450. The highest BCUT2D eigenvalue weighted by Crippen LogP contribution is 2.30. The minimum atomic E-state index is 0.786. The van der Waals surface area contributed by atoms with Gasteiger partial charge in [-0.25, -0.2) is 4.98 Å². The van der Waals surface area contributed by atoms with E-state index < -0.39 is 0 Å². The number of aromatic nitrogens is 2. The van der Waals surface area contributed by atoms with Crippen molar-refractivity contribution in [3.63, 3.8) is 0 Å². The van der Waals surface area contributed by atoms with Crippen molar-refractivity contribution < 1.29 is 0 Å². The molecule has 0 fully saturated rings. The van der Waals surface area contributed by atoms with Crippen LogP contribution in [0.1, 0.15) is 11.1 Å². The van der Waals surface area contributed by atoms with E-state index in [9.17, 15) is 0 Å². The summed E-state index contributed by atoms with van der Waals surface area (Å²) in [5.74, 6) is 0.860. The van der Waals surface area contributed by atoms with Gasteiger partial charge in [0.05, 0.1) is 17.6 Å². The van der Waals surface area contributed by atoms with E-state index in [1.807, 2.05) is 42.6 Å². The largest absolute Gasteiger partial charge is 0.354 e. The Kier molecular flexibility index (Phi) is 5.16. The summed E-state index contributed by atoms with van der Waals surface area (Å²) in [7, 11) is 2.06. The lowest BCUT2D eigenvalue weighted by atomic mass is 10.0. The first kappa shape index (κ1) is 17.9. The van der Waals surface area contributed by atoms with Crippen molar-refractivity contribution in [2.24, 2.45) is 0 Å². The molecule has 138 valence electrons. The highest BCUT2D eigenvalue weighted by atomic mass is 15.2. The molecule has 0 amide bonds. The van der Waals surface area contributed by atoms with E-state index >= 15 is 0 Å². The Morgan fingerprint density at radius 3 is 1.89 bits per heavy atom. The van der Waals surface area contributed by atoms with E-state index in [2.05, 4.69) is 67.4 Å². The van der Waals surface area contributed by atoms with Crippen molar-refractivity contribution in [2.45, 2.75) is 13.5 Å². The zero-order valence-corrected chi connectivity index (χ0v) is 16.2. The lowest BCUT2D eigenvalue weighted by molar-refractivity contribution is 0.891. The van der Waals surface area contributed by atoms with Gasteiger partial charge in [-0.05, 0) is 12.5 Å². The Morgan fingerprint density at radius 2 is 1.29 bits per heavy atom. The van der Waals surface area contributed by atoms with Crippen LogP contribution in [0.15, 0.2) is 91.1 Å². The Bertz CT molecular complexity index is 1040. The van der Waals surface area contributed by atoms with Gasteiger partial charge in [0.2, 0.25) is 0 Å². The molecule has 3 aromatic carbocycles. The molecule has 0 N–H and O–H groups in total. The van der Waals surface area contributed by atoms with Crippen molar-refractivity contribution in [3.05, 3.63) is 102 Å². The molecular weight excluding hydrogens is 342 g/mol. The molecule has 0 aliphatic carbocycles. The van der Waals surface area contributed by atoms with Crippen LogP contribution in [-0.2, 0) is 6.54 Å². The van der Waals surface area contributed by atoms with E-state index in [1.165, 1.54) is 11.1 Å². The summed E-state index contributed by atoms with van der Waals surface area (Å²) in [6, 6.07) is 29.1. The van der Waals surface area contributed by atoms with Gasteiger partial charge < -0.3 is 4.90 Å². The van der Waals surface area contributed by atoms with Crippen molar-refractivity contribution in [3.8, 4) is 22.5 Å². The number of nitrogens with zero attached hydrogens (tertiary/aromatic N) is 3. The van der Waals surface area contributed by atoms with Gasteiger partial charge in [-0.1, -0.05) is 90.5 Å². The molecule has 1 heterocycles. The van der Waals surface area contributed by atoms with Crippen LogP contribution in [0.4, 0.5) is 5.82 Å². The molecule has 1 aromatic heterocycles. The fourth-order valence-electron chi connectivity index (χ4n) is 3.22. The molecule has 0 atom stereocenters. The second kappa shape index (κ2) is 8.05. The molecule has 0 saturated carbocycles. The zero-order chi connectivity index (χ0) is 19.3. The Hall–Kier alpha value is -3.46. The van der Waals surface area contributed by atoms with Crippen molar-refractivity contribution in [1.82, 2.24) is 9.97 Å². The average molecular weight is 365 g/mol. The number of aryl methyl sites for hydroxylation is 1. The van der Waals surface area contributed by atoms with Crippen molar-refractivity contribution in [1.29, 1.82) is 0 Å². The maximum Gasteiger partial charge on any atom is 0.147 e. The first-order valence-corrected chi connectivity index (χ1v) is 9.45. The van der Waals surface area contributed by atoms with E-state index in [1.54, 1.807) is 0 Å². The van der Waals surface area contributed by atoms with Gasteiger partial charge in [0.1, 0.15) is 5.82 Å². The fraction of sp³-hybridized carbons (Fsp3) is 0.120. The molecule has 4 aromatic rings. The third-order valence-electron chi connectivity index (χ3n) is 4.79. The molecule has 3 heteroatoms. The van der Waals surface area contributed by atoms with Crippen LogP contribution in [0.5, 0.6) is 0 Å². The van der Waals surface area contributed by atoms with Gasteiger partial charge in [-0.2, -0.15) is 0 Å². The molecule has 0 saturated heterocycles. The summed E-state index contributed by atoms with van der Waals surface area (Å²) < 4.78 is 0. The van der Waals surface area contributed by atoms with Crippen molar-refractivity contribution >= 4 is 5.82 Å². The Morgan fingerprint density at radius 1 is 0.714 bits per heavy atom. The predicted molar refractivity (Wildman–Crippen MR) is 116 cm³/mol. The van der Waals surface area contributed by atoms with Gasteiger partial charge in [0.15, 0.2) is 0 Å². The Balaban J connectivity index is 1.72. The minimum Gasteiger partial charge on any atom is -0.354 e. The lowest BCUT2D eigenvalue weighted by Crippen LogP contribution is -2.18. The average Bonchev–Trinajstić information content (AvgIpc) is 2.76. The van der Waals surface area contributed by atoms with Crippen LogP contribution < -0.4 is 4.90 Å². The summed E-state index contributed by atoms with van der Waals surface area (Å²) in [6.45, 7) is 2.89. The molecule has 0 bridgehead atoms. The van der Waals surface area contributed by atoms with E-state index in [-0.39, 0.29) is 0 Å². The molecule has 0 spiro atoms. The molecule has 0 radical (unpaired) electrons. The predicted octanol–water partition coefficient (Wildman–Crippen LogP) is 5.76. The molecule has 4 rings (SSSR count). The monoisotopic (exact) mass is 365 g/mol. The Labute approximate surface area is 166 Å². The maximum atomic E-state index is 5.00. The standard InChI is InChI=1S/C25H23N3/c1-19-13-15-20(16-14-19)18-28(2)23-17-26-24(21-9-5-3-6-10-21)25(27-23)22-11-7-4-8-12-22/h3-17H,18H2,1-2H3. The SMILES string of the molecule is Cc1ccc(CN(C)c2cnc(-c3ccccc3)c(-c3ccccc3)n2)cc1. The molecule has 28 heavy (non-hydrogen) atoms. The van der Waals surface area contributed by atoms with Crippen molar-refractivity contribution in [2.75, 3.05) is 11.9 Å². The van der Waals surface area contributed by atoms with Gasteiger partial charge in [0, 0.05) is 24.7 Å². The summed E-state index contributed by atoms with van der Waals surface area (Å²) in [5.41, 5.74) is 6.47. The summed E-state index contributed by atoms with van der Waals surface area (Å²) >= 11 is 0. The number of benzene rings is 3. The molecule has 0 unspecified atom stereocenters. The minimum absolute atomic E-state index is 0.786. The second-order valence-corrected chi connectivity index (χ2v) is 7.00. The number of hydrogen-bond acceptors (Lipinski definition) is 3. The molecular formula is C25H23N3. The van der Waals surface area contributed by atoms with Gasteiger partial charge in [0.25, 0.3) is 0 Å². The molecule has 3 nitrogen and oxygen atoms in total. The second-order valence-electron chi connectivity index (χ2n) is 7.00. The first-order valence-electron chi connectivity index (χ1n) is 9.45. The number of hydrogen-bond donors (Lipinski definition) is 0. The highest BCUT2D eigenvalue weighted by Gasteiger charge is 2.14. The summed E-state index contributed by atoms with van der Waals surface area (Å²) in [6.07, 6.45) is 1.86. The van der Waals surface area contributed by atoms with E-state index in [0.717, 1.165) is 34.9 Å². The van der Waals surface area contributed by atoms with Crippen LogP contribution in [0.25, 0.3) is 22.5 Å². The van der Waals surface area contributed by atoms with E-state index in [4.69, 9.17) is 9.97 Å².